The SMILES string of the molecule is O=C(O)CCC(=O)N1N=C(c2c(-c3ccc(Cl)cc3)c3ccccc3[nH]c2=O)CC1c1cccs1. The van der Waals surface area contributed by atoms with Gasteiger partial charge >= 0.3 is 5.97 Å². The highest BCUT2D eigenvalue weighted by Crippen LogP contribution is 2.38. The maximum absolute atomic E-state index is 13.4. The van der Waals surface area contributed by atoms with E-state index in [4.69, 9.17) is 16.7 Å². The number of hydrogen-bond acceptors (Lipinski definition) is 5. The molecule has 0 bridgehead atoms. The molecule has 4 aromatic rings. The Kier molecular flexibility index (Phi) is 6.23. The van der Waals surface area contributed by atoms with Crippen LogP contribution in [0.15, 0.2) is 75.9 Å². The summed E-state index contributed by atoms with van der Waals surface area (Å²) in [5.74, 6) is -1.45. The summed E-state index contributed by atoms with van der Waals surface area (Å²) >= 11 is 7.61. The molecule has 0 fully saturated rings. The van der Waals surface area contributed by atoms with Crippen LogP contribution >= 0.6 is 22.9 Å². The number of nitrogens with one attached hydrogen (secondary N) is 1. The van der Waals surface area contributed by atoms with Crippen LogP contribution in [-0.2, 0) is 9.59 Å². The molecule has 35 heavy (non-hydrogen) atoms. The molecule has 176 valence electrons. The molecule has 1 atom stereocenters. The van der Waals surface area contributed by atoms with Crippen LogP contribution in [0.25, 0.3) is 22.0 Å². The number of carboxylic acids is 1. The maximum Gasteiger partial charge on any atom is 0.303 e. The second-order valence-corrected chi connectivity index (χ2v) is 9.59. The molecule has 1 aliphatic heterocycles. The molecule has 1 amide bonds. The zero-order valence-electron chi connectivity index (χ0n) is 18.4. The van der Waals surface area contributed by atoms with E-state index in [1.54, 1.807) is 12.1 Å². The molecule has 0 spiro atoms. The number of carbonyl (C=O) groups is 2. The highest BCUT2D eigenvalue weighted by atomic mass is 35.5. The first kappa shape index (κ1) is 23.0. The van der Waals surface area contributed by atoms with Crippen LogP contribution in [0.2, 0.25) is 5.02 Å². The van der Waals surface area contributed by atoms with Gasteiger partial charge in [0.05, 0.1) is 23.7 Å². The van der Waals surface area contributed by atoms with Crippen molar-refractivity contribution >= 4 is 51.4 Å². The van der Waals surface area contributed by atoms with Gasteiger partial charge in [-0.15, -0.1) is 11.3 Å². The summed E-state index contributed by atoms with van der Waals surface area (Å²) in [7, 11) is 0. The van der Waals surface area contributed by atoms with E-state index in [-0.39, 0.29) is 18.4 Å². The number of fused-ring (bicyclic) bond motifs is 1. The number of carboxylic acid groups (broad SMARTS) is 1. The van der Waals surface area contributed by atoms with Crippen LogP contribution < -0.4 is 5.56 Å². The van der Waals surface area contributed by atoms with Gasteiger partial charge in [-0.2, -0.15) is 5.10 Å². The standard InChI is InChI=1S/C26H20ClN3O4S/c27-16-9-7-15(8-10-16)24-17-4-1-2-5-18(17)28-26(34)25(24)19-14-20(21-6-3-13-35-21)30(29-19)22(31)11-12-23(32)33/h1-10,13,20H,11-12,14H2,(H,28,34)(H,32,33). The molecule has 9 heteroatoms. The smallest absolute Gasteiger partial charge is 0.303 e. The number of hydrazone groups is 1. The van der Waals surface area contributed by atoms with E-state index in [0.29, 0.717) is 33.8 Å². The minimum atomic E-state index is -1.05. The number of amides is 1. The quantitative estimate of drug-likeness (QED) is 0.363. The van der Waals surface area contributed by atoms with Gasteiger partial charge in [0.15, 0.2) is 0 Å². The van der Waals surface area contributed by atoms with Crippen molar-refractivity contribution in [3.05, 3.63) is 91.9 Å². The Balaban J connectivity index is 1.68. The van der Waals surface area contributed by atoms with Gasteiger partial charge in [-0.3, -0.25) is 14.4 Å². The van der Waals surface area contributed by atoms with Crippen molar-refractivity contribution in [2.75, 3.05) is 0 Å². The van der Waals surface area contributed by atoms with Crippen molar-refractivity contribution in [1.82, 2.24) is 9.99 Å². The number of halogens is 1. The molecule has 7 nitrogen and oxygen atoms in total. The lowest BCUT2D eigenvalue weighted by Crippen LogP contribution is -2.26. The molecule has 2 aromatic carbocycles. The molecule has 3 heterocycles. The lowest BCUT2D eigenvalue weighted by atomic mass is 9.92. The first-order chi connectivity index (χ1) is 16.9. The number of carbonyl (C=O) groups excluding carboxylic acids is 1. The number of H-pyrrole nitrogens is 1. The fourth-order valence-electron chi connectivity index (χ4n) is 4.36. The van der Waals surface area contributed by atoms with Crippen molar-refractivity contribution in [3.63, 3.8) is 0 Å². The Hall–Kier alpha value is -3.75. The number of para-hydroxylation sites is 1. The number of rotatable bonds is 6. The molecule has 2 aromatic heterocycles. The zero-order chi connectivity index (χ0) is 24.5. The third-order valence-electron chi connectivity index (χ3n) is 5.93. The molecule has 0 saturated heterocycles. The monoisotopic (exact) mass is 505 g/mol. The van der Waals surface area contributed by atoms with Gasteiger partial charge in [-0.25, -0.2) is 5.01 Å². The Morgan fingerprint density at radius 3 is 2.54 bits per heavy atom. The Morgan fingerprint density at radius 2 is 1.83 bits per heavy atom. The molecule has 2 N–H and O–H groups in total. The average molecular weight is 506 g/mol. The fraction of sp³-hybridized carbons (Fsp3) is 0.154. The maximum atomic E-state index is 13.4. The predicted octanol–water partition coefficient (Wildman–Crippen LogP) is 5.45. The second kappa shape index (κ2) is 9.48. The van der Waals surface area contributed by atoms with E-state index in [2.05, 4.69) is 10.1 Å². The summed E-state index contributed by atoms with van der Waals surface area (Å²) < 4.78 is 0. The van der Waals surface area contributed by atoms with E-state index in [0.717, 1.165) is 15.8 Å². The molecule has 0 aliphatic carbocycles. The number of nitrogens with zero attached hydrogens (tertiary/aromatic N) is 2. The second-order valence-electron chi connectivity index (χ2n) is 8.17. The van der Waals surface area contributed by atoms with Gasteiger partial charge < -0.3 is 10.1 Å². The number of aromatic nitrogens is 1. The fourth-order valence-corrected chi connectivity index (χ4v) is 5.29. The number of aliphatic carboxylic acids is 1. The lowest BCUT2D eigenvalue weighted by molar-refractivity contribution is -0.141. The van der Waals surface area contributed by atoms with Crippen LogP contribution in [0.3, 0.4) is 0 Å². The van der Waals surface area contributed by atoms with E-state index in [1.807, 2.05) is 53.9 Å². The van der Waals surface area contributed by atoms with Gasteiger partial charge in [0.1, 0.15) is 0 Å². The zero-order valence-corrected chi connectivity index (χ0v) is 20.0. The Bertz CT molecular complexity index is 1510. The number of hydrogen-bond donors (Lipinski definition) is 2. The summed E-state index contributed by atoms with van der Waals surface area (Å²) in [6.45, 7) is 0. The summed E-state index contributed by atoms with van der Waals surface area (Å²) in [6.07, 6.45) is -0.128. The Labute approximate surface area is 209 Å². The number of aromatic amines is 1. The van der Waals surface area contributed by atoms with Crippen LogP contribution in [0.4, 0.5) is 0 Å². The molecular formula is C26H20ClN3O4S. The van der Waals surface area contributed by atoms with Crippen LogP contribution in [0.1, 0.15) is 35.7 Å². The highest BCUT2D eigenvalue weighted by Gasteiger charge is 2.35. The largest absolute Gasteiger partial charge is 0.481 e. The van der Waals surface area contributed by atoms with E-state index in [9.17, 15) is 14.4 Å². The van der Waals surface area contributed by atoms with Crippen LogP contribution in [0, 0.1) is 0 Å². The highest BCUT2D eigenvalue weighted by molar-refractivity contribution is 7.10. The van der Waals surface area contributed by atoms with Gasteiger partial charge in [0, 0.05) is 39.2 Å². The van der Waals surface area contributed by atoms with E-state index < -0.39 is 17.9 Å². The van der Waals surface area contributed by atoms with Crippen LogP contribution in [-0.4, -0.2) is 32.7 Å². The Morgan fingerprint density at radius 1 is 1.06 bits per heavy atom. The normalized spacial score (nSPS) is 15.4. The van der Waals surface area contributed by atoms with Gasteiger partial charge in [-0.05, 0) is 35.2 Å². The van der Waals surface area contributed by atoms with E-state index >= 15 is 0 Å². The third-order valence-corrected chi connectivity index (χ3v) is 7.16. The molecule has 5 rings (SSSR count). The van der Waals surface area contributed by atoms with Gasteiger partial charge in [0.25, 0.3) is 5.56 Å². The van der Waals surface area contributed by atoms with Crippen molar-refractivity contribution in [2.24, 2.45) is 5.10 Å². The predicted molar refractivity (Wildman–Crippen MR) is 137 cm³/mol. The first-order valence-electron chi connectivity index (χ1n) is 11.0. The average Bonchev–Trinajstić information content (AvgIpc) is 3.52. The molecule has 1 aliphatic rings. The molecule has 1 unspecified atom stereocenters. The summed E-state index contributed by atoms with van der Waals surface area (Å²) in [5.41, 5.74) is 2.76. The minimum Gasteiger partial charge on any atom is -0.481 e. The minimum absolute atomic E-state index is 0.174. The van der Waals surface area contributed by atoms with E-state index in [1.165, 1.54) is 16.3 Å². The third kappa shape index (κ3) is 4.50. The lowest BCUT2D eigenvalue weighted by Gasteiger charge is -2.20. The molecular weight excluding hydrogens is 486 g/mol. The summed E-state index contributed by atoms with van der Waals surface area (Å²) in [6, 6.07) is 18.2. The van der Waals surface area contributed by atoms with Crippen LogP contribution in [0.5, 0.6) is 0 Å². The van der Waals surface area contributed by atoms with Crippen molar-refractivity contribution < 1.29 is 14.7 Å². The molecule has 0 saturated carbocycles. The van der Waals surface area contributed by atoms with Crippen molar-refractivity contribution in [1.29, 1.82) is 0 Å². The first-order valence-corrected chi connectivity index (χ1v) is 12.2. The summed E-state index contributed by atoms with van der Waals surface area (Å²) in [5, 5.41) is 18.3. The van der Waals surface area contributed by atoms with Crippen molar-refractivity contribution in [2.45, 2.75) is 25.3 Å². The molecule has 0 radical (unpaired) electrons. The number of benzene rings is 2. The topological polar surface area (TPSA) is 103 Å². The van der Waals surface area contributed by atoms with Gasteiger partial charge in [-0.1, -0.05) is 48.0 Å². The summed E-state index contributed by atoms with van der Waals surface area (Å²) in [4.78, 5) is 41.3. The van der Waals surface area contributed by atoms with Crippen molar-refractivity contribution in [3.8, 4) is 11.1 Å². The number of pyridine rings is 1. The van der Waals surface area contributed by atoms with Gasteiger partial charge in [0.2, 0.25) is 5.91 Å². The number of thiophene rings is 1.